The second kappa shape index (κ2) is 4.50. The maximum absolute atomic E-state index is 5.76. The molecule has 0 aliphatic rings. The number of nitrogen functional groups attached to an aromatic ring is 1. The molecule has 2 N–H and O–H groups in total. The van der Waals surface area contributed by atoms with Crippen LogP contribution in [0.2, 0.25) is 0 Å². The van der Waals surface area contributed by atoms with Crippen molar-refractivity contribution in [2.45, 2.75) is 13.8 Å². The van der Waals surface area contributed by atoms with Gasteiger partial charge in [-0.3, -0.25) is 4.98 Å². The molecule has 0 radical (unpaired) electrons. The fourth-order valence-electron chi connectivity index (χ4n) is 0.948. The molecule has 0 aliphatic heterocycles. The maximum Gasteiger partial charge on any atom is 0.0845 e. The zero-order chi connectivity index (χ0) is 9.68. The molecule has 13 heavy (non-hydrogen) atoms. The van der Waals surface area contributed by atoms with Gasteiger partial charge in [-0.15, -0.1) is 0 Å². The minimum atomic E-state index is 0.662. The second-order valence-corrected chi connectivity index (χ2v) is 2.71. The first-order valence-electron chi connectivity index (χ1n) is 4.24. The number of pyridine rings is 1. The predicted octanol–water partition coefficient (Wildman–Crippen LogP) is 1.98. The molecular formula is C10H14N2O. The zero-order valence-corrected chi connectivity index (χ0v) is 7.95. The van der Waals surface area contributed by atoms with Crippen molar-refractivity contribution in [3.63, 3.8) is 0 Å². The molecule has 0 spiro atoms. The molecule has 0 unspecified atom stereocenters. The molecule has 1 aromatic rings. The lowest BCUT2D eigenvalue weighted by Gasteiger charge is -2.00. The van der Waals surface area contributed by atoms with Crippen LogP contribution in [0.1, 0.15) is 18.2 Å². The second-order valence-electron chi connectivity index (χ2n) is 2.71. The Kier molecular flexibility index (Phi) is 3.31. The Balaban J connectivity index is 2.77. The van der Waals surface area contributed by atoms with Gasteiger partial charge in [-0.25, -0.2) is 0 Å². The molecule has 0 bridgehead atoms. The molecule has 3 nitrogen and oxygen atoms in total. The van der Waals surface area contributed by atoms with Crippen molar-refractivity contribution < 1.29 is 4.74 Å². The molecule has 0 saturated carbocycles. The summed E-state index contributed by atoms with van der Waals surface area (Å²) in [4.78, 5) is 4.13. The highest BCUT2D eigenvalue weighted by Crippen LogP contribution is 2.12. The first-order valence-corrected chi connectivity index (χ1v) is 4.24. The van der Waals surface area contributed by atoms with Gasteiger partial charge in [0.2, 0.25) is 0 Å². The van der Waals surface area contributed by atoms with Crippen LogP contribution in [0, 0.1) is 6.92 Å². The molecule has 0 fully saturated rings. The van der Waals surface area contributed by atoms with E-state index in [9.17, 15) is 0 Å². The smallest absolute Gasteiger partial charge is 0.0845 e. The number of ether oxygens (including phenoxy) is 1. The van der Waals surface area contributed by atoms with Crippen LogP contribution in [0.25, 0.3) is 6.08 Å². The lowest BCUT2D eigenvalue weighted by Crippen LogP contribution is -1.92. The van der Waals surface area contributed by atoms with E-state index < -0.39 is 0 Å². The Morgan fingerprint density at radius 3 is 3.00 bits per heavy atom. The molecule has 1 aromatic heterocycles. The van der Waals surface area contributed by atoms with Crippen molar-refractivity contribution in [2.75, 3.05) is 12.3 Å². The first-order chi connectivity index (χ1) is 6.24. The van der Waals surface area contributed by atoms with Crippen molar-refractivity contribution in [2.24, 2.45) is 0 Å². The molecule has 0 amide bonds. The van der Waals surface area contributed by atoms with E-state index in [-0.39, 0.29) is 0 Å². The van der Waals surface area contributed by atoms with E-state index in [0.29, 0.717) is 6.61 Å². The first kappa shape index (κ1) is 9.58. The van der Waals surface area contributed by atoms with Crippen LogP contribution >= 0.6 is 0 Å². The van der Waals surface area contributed by atoms with Crippen molar-refractivity contribution >= 4 is 11.8 Å². The van der Waals surface area contributed by atoms with E-state index >= 15 is 0 Å². The number of nitrogens with zero attached hydrogens (tertiary/aromatic N) is 1. The largest absolute Gasteiger partial charge is 0.501 e. The van der Waals surface area contributed by atoms with E-state index in [1.54, 1.807) is 12.5 Å². The van der Waals surface area contributed by atoms with Crippen molar-refractivity contribution in [1.29, 1.82) is 0 Å². The van der Waals surface area contributed by atoms with Gasteiger partial charge in [0.25, 0.3) is 0 Å². The Morgan fingerprint density at radius 2 is 2.38 bits per heavy atom. The number of hydrogen-bond donors (Lipinski definition) is 1. The Morgan fingerprint density at radius 1 is 1.62 bits per heavy atom. The quantitative estimate of drug-likeness (QED) is 0.720. The summed E-state index contributed by atoms with van der Waals surface area (Å²) in [5, 5.41) is 0. The van der Waals surface area contributed by atoms with Crippen molar-refractivity contribution in [3.8, 4) is 0 Å². The average Bonchev–Trinajstić information content (AvgIpc) is 2.09. The highest BCUT2D eigenvalue weighted by Gasteiger charge is 1.95. The number of aryl methyl sites for hydroxylation is 1. The summed E-state index contributed by atoms with van der Waals surface area (Å²) in [7, 11) is 0. The minimum Gasteiger partial charge on any atom is -0.501 e. The Labute approximate surface area is 78.2 Å². The topological polar surface area (TPSA) is 48.1 Å². The van der Waals surface area contributed by atoms with Crippen molar-refractivity contribution in [3.05, 3.63) is 29.8 Å². The van der Waals surface area contributed by atoms with Gasteiger partial charge in [0.05, 0.1) is 12.9 Å². The number of hydrogen-bond acceptors (Lipinski definition) is 3. The van der Waals surface area contributed by atoms with Crippen LogP contribution in [0.4, 0.5) is 5.69 Å². The van der Waals surface area contributed by atoms with Crippen LogP contribution in [0.5, 0.6) is 0 Å². The van der Waals surface area contributed by atoms with Crippen molar-refractivity contribution in [1.82, 2.24) is 4.98 Å². The third-order valence-corrected chi connectivity index (χ3v) is 1.62. The number of nitrogens with two attached hydrogens (primary N) is 1. The molecule has 0 saturated heterocycles. The Hall–Kier alpha value is -1.51. The van der Waals surface area contributed by atoms with Gasteiger partial charge < -0.3 is 10.5 Å². The third-order valence-electron chi connectivity index (χ3n) is 1.62. The van der Waals surface area contributed by atoms with Crippen LogP contribution in [-0.4, -0.2) is 11.6 Å². The van der Waals surface area contributed by atoms with Gasteiger partial charge in [-0.2, -0.15) is 0 Å². The summed E-state index contributed by atoms with van der Waals surface area (Å²) in [5.41, 5.74) is 8.29. The van der Waals surface area contributed by atoms with Gasteiger partial charge in [-0.05, 0) is 26.0 Å². The summed E-state index contributed by atoms with van der Waals surface area (Å²) < 4.78 is 5.06. The van der Waals surface area contributed by atoms with Crippen LogP contribution in [-0.2, 0) is 4.74 Å². The van der Waals surface area contributed by atoms with E-state index in [1.807, 2.05) is 26.0 Å². The summed E-state index contributed by atoms with van der Waals surface area (Å²) >= 11 is 0. The number of rotatable bonds is 3. The molecule has 70 valence electrons. The van der Waals surface area contributed by atoms with Crippen LogP contribution in [0.15, 0.2) is 18.5 Å². The van der Waals surface area contributed by atoms with E-state index in [1.165, 1.54) is 0 Å². The summed E-state index contributed by atoms with van der Waals surface area (Å²) in [6.45, 7) is 4.50. The fraction of sp³-hybridized carbons (Fsp3) is 0.300. The van der Waals surface area contributed by atoms with Gasteiger partial charge >= 0.3 is 0 Å². The average molecular weight is 178 g/mol. The number of anilines is 1. The predicted molar refractivity (Wildman–Crippen MR) is 54.0 cm³/mol. The van der Waals surface area contributed by atoms with E-state index in [0.717, 1.165) is 16.9 Å². The maximum atomic E-state index is 5.76. The lowest BCUT2D eigenvalue weighted by atomic mass is 10.2. The summed E-state index contributed by atoms with van der Waals surface area (Å²) in [6.07, 6.45) is 5.17. The standard InChI is InChI=1S/C10H14N2O/c1-3-13-5-4-9-7-12-8(2)6-10(9)11/h4-7H,3H2,1-2H3,(H2,11,12)/b5-4+. The molecule has 0 atom stereocenters. The SMILES string of the molecule is CCO/C=C/c1cnc(C)cc1N. The molecule has 0 aliphatic carbocycles. The molecular weight excluding hydrogens is 164 g/mol. The highest BCUT2D eigenvalue weighted by molar-refractivity contribution is 5.63. The zero-order valence-electron chi connectivity index (χ0n) is 7.95. The van der Waals surface area contributed by atoms with Crippen LogP contribution in [0.3, 0.4) is 0 Å². The Bertz CT molecular complexity index is 308. The summed E-state index contributed by atoms with van der Waals surface area (Å²) in [6, 6.07) is 1.84. The summed E-state index contributed by atoms with van der Waals surface area (Å²) in [5.74, 6) is 0. The molecule has 0 aromatic carbocycles. The van der Waals surface area contributed by atoms with Crippen LogP contribution < -0.4 is 5.73 Å². The van der Waals surface area contributed by atoms with E-state index in [4.69, 9.17) is 10.5 Å². The molecule has 1 rings (SSSR count). The lowest BCUT2D eigenvalue weighted by molar-refractivity contribution is 0.272. The van der Waals surface area contributed by atoms with Gasteiger partial charge in [-0.1, -0.05) is 0 Å². The third kappa shape index (κ3) is 2.78. The number of aromatic nitrogens is 1. The monoisotopic (exact) mass is 178 g/mol. The van der Waals surface area contributed by atoms with Gasteiger partial charge in [0, 0.05) is 23.1 Å². The van der Waals surface area contributed by atoms with Gasteiger partial charge in [0.15, 0.2) is 0 Å². The fourth-order valence-corrected chi connectivity index (χ4v) is 0.948. The molecule has 1 heterocycles. The highest BCUT2D eigenvalue weighted by atomic mass is 16.5. The normalized spacial score (nSPS) is 10.6. The minimum absolute atomic E-state index is 0.662. The van der Waals surface area contributed by atoms with E-state index in [2.05, 4.69) is 4.98 Å². The molecule has 3 heteroatoms. The van der Waals surface area contributed by atoms with Gasteiger partial charge in [0.1, 0.15) is 0 Å².